The van der Waals surface area contributed by atoms with Crippen LogP contribution in [-0.4, -0.2) is 37.2 Å². The molecule has 1 unspecified atom stereocenters. The topological polar surface area (TPSA) is 41.5 Å². The van der Waals surface area contributed by atoms with Crippen LogP contribution in [0.15, 0.2) is 29.2 Å². The molecule has 1 aromatic carbocycles. The summed E-state index contributed by atoms with van der Waals surface area (Å²) < 4.78 is 5.19. The number of rotatable bonds is 9. The van der Waals surface area contributed by atoms with Crippen molar-refractivity contribution in [3.05, 3.63) is 24.3 Å². The predicted molar refractivity (Wildman–Crippen MR) is 77.5 cm³/mol. The highest BCUT2D eigenvalue weighted by Gasteiger charge is 2.06. The first-order valence-electron chi connectivity index (χ1n) is 6.41. The summed E-state index contributed by atoms with van der Waals surface area (Å²) in [5.41, 5.74) is 0. The molecule has 0 bridgehead atoms. The Morgan fingerprint density at radius 2 is 2.28 bits per heavy atom. The molecule has 2 N–H and O–H groups in total. The van der Waals surface area contributed by atoms with Crippen LogP contribution in [0.25, 0.3) is 0 Å². The molecule has 18 heavy (non-hydrogen) atoms. The van der Waals surface area contributed by atoms with Gasteiger partial charge in [0.1, 0.15) is 5.75 Å². The summed E-state index contributed by atoms with van der Waals surface area (Å²) in [6.45, 7) is 3.31. The fourth-order valence-electron chi connectivity index (χ4n) is 1.62. The van der Waals surface area contributed by atoms with E-state index in [1.165, 1.54) is 4.90 Å². The van der Waals surface area contributed by atoms with Crippen molar-refractivity contribution < 1.29 is 9.84 Å². The third kappa shape index (κ3) is 5.76. The quantitative estimate of drug-likeness (QED) is 0.676. The van der Waals surface area contributed by atoms with Crippen molar-refractivity contribution in [1.29, 1.82) is 0 Å². The van der Waals surface area contributed by atoms with E-state index in [0.717, 1.165) is 30.9 Å². The van der Waals surface area contributed by atoms with Crippen LogP contribution in [0.1, 0.15) is 19.8 Å². The fourth-order valence-corrected chi connectivity index (χ4v) is 2.63. The maximum Gasteiger partial charge on any atom is 0.119 e. The molecule has 3 nitrogen and oxygen atoms in total. The Morgan fingerprint density at radius 1 is 1.44 bits per heavy atom. The molecule has 0 amide bonds. The molecule has 102 valence electrons. The van der Waals surface area contributed by atoms with Crippen LogP contribution < -0.4 is 10.1 Å². The highest BCUT2D eigenvalue weighted by Crippen LogP contribution is 2.23. The van der Waals surface area contributed by atoms with Crippen molar-refractivity contribution >= 4 is 11.8 Å². The standard InChI is InChI=1S/C14H23NO2S/c1-3-8-15-12(11-16)7-9-18-14-6-4-5-13(10-14)17-2/h4-6,10,12,15-16H,3,7-9,11H2,1-2H3. The summed E-state index contributed by atoms with van der Waals surface area (Å²) in [7, 11) is 1.68. The molecule has 1 aromatic rings. The number of hydrogen-bond donors (Lipinski definition) is 2. The number of hydrogen-bond acceptors (Lipinski definition) is 4. The Hall–Kier alpha value is -0.710. The zero-order valence-corrected chi connectivity index (χ0v) is 12.0. The third-order valence-corrected chi connectivity index (χ3v) is 3.71. The second kappa shape index (κ2) is 9.25. The molecule has 1 rings (SSSR count). The van der Waals surface area contributed by atoms with Gasteiger partial charge < -0.3 is 15.2 Å². The SMILES string of the molecule is CCCNC(CO)CCSc1cccc(OC)c1. The van der Waals surface area contributed by atoms with Gasteiger partial charge in [-0.3, -0.25) is 0 Å². The average molecular weight is 269 g/mol. The molecule has 0 saturated heterocycles. The number of nitrogens with one attached hydrogen (secondary N) is 1. The molecule has 0 saturated carbocycles. The lowest BCUT2D eigenvalue weighted by Gasteiger charge is -2.15. The number of ether oxygens (including phenoxy) is 1. The molecule has 0 radical (unpaired) electrons. The van der Waals surface area contributed by atoms with Crippen molar-refractivity contribution in [1.82, 2.24) is 5.32 Å². The Bertz CT molecular complexity index is 333. The summed E-state index contributed by atoms with van der Waals surface area (Å²) in [6.07, 6.45) is 2.07. The van der Waals surface area contributed by atoms with E-state index >= 15 is 0 Å². The molecule has 0 aliphatic rings. The van der Waals surface area contributed by atoms with Gasteiger partial charge in [-0.25, -0.2) is 0 Å². The molecular weight excluding hydrogens is 246 g/mol. The molecule has 0 aliphatic carbocycles. The lowest BCUT2D eigenvalue weighted by atomic mass is 10.2. The van der Waals surface area contributed by atoms with Crippen molar-refractivity contribution in [3.8, 4) is 5.75 Å². The maximum atomic E-state index is 9.24. The van der Waals surface area contributed by atoms with Gasteiger partial charge in [0.2, 0.25) is 0 Å². The summed E-state index contributed by atoms with van der Waals surface area (Å²) in [6, 6.07) is 8.28. The summed E-state index contributed by atoms with van der Waals surface area (Å²) >= 11 is 1.80. The molecular formula is C14H23NO2S. The molecule has 0 aliphatic heterocycles. The minimum Gasteiger partial charge on any atom is -0.497 e. The minimum absolute atomic E-state index is 0.207. The van der Waals surface area contributed by atoms with Crippen LogP contribution in [-0.2, 0) is 0 Å². The van der Waals surface area contributed by atoms with Gasteiger partial charge in [0.25, 0.3) is 0 Å². The number of aliphatic hydroxyl groups is 1. The van der Waals surface area contributed by atoms with Crippen LogP contribution in [0.3, 0.4) is 0 Å². The first-order valence-corrected chi connectivity index (χ1v) is 7.39. The Labute approximate surface area is 114 Å². The van der Waals surface area contributed by atoms with Crippen LogP contribution in [0.4, 0.5) is 0 Å². The van der Waals surface area contributed by atoms with Crippen LogP contribution >= 0.6 is 11.8 Å². The van der Waals surface area contributed by atoms with Gasteiger partial charge in [-0.15, -0.1) is 11.8 Å². The second-order valence-electron chi connectivity index (χ2n) is 4.15. The van der Waals surface area contributed by atoms with Gasteiger partial charge in [0, 0.05) is 10.9 Å². The third-order valence-electron chi connectivity index (χ3n) is 2.68. The van der Waals surface area contributed by atoms with E-state index in [-0.39, 0.29) is 12.6 Å². The number of thioether (sulfide) groups is 1. The number of benzene rings is 1. The predicted octanol–water partition coefficient (Wildman–Crippen LogP) is 2.54. The minimum atomic E-state index is 0.207. The molecule has 0 heterocycles. The lowest BCUT2D eigenvalue weighted by Crippen LogP contribution is -2.33. The van der Waals surface area contributed by atoms with E-state index < -0.39 is 0 Å². The van der Waals surface area contributed by atoms with Crippen molar-refractivity contribution in [2.24, 2.45) is 0 Å². The van der Waals surface area contributed by atoms with Gasteiger partial charge in [-0.2, -0.15) is 0 Å². The molecule has 1 atom stereocenters. The number of aliphatic hydroxyl groups excluding tert-OH is 1. The van der Waals surface area contributed by atoms with Gasteiger partial charge in [0.05, 0.1) is 13.7 Å². The number of methoxy groups -OCH3 is 1. The fraction of sp³-hybridized carbons (Fsp3) is 0.571. The van der Waals surface area contributed by atoms with Gasteiger partial charge >= 0.3 is 0 Å². The van der Waals surface area contributed by atoms with Crippen LogP contribution in [0.2, 0.25) is 0 Å². The molecule has 0 spiro atoms. The smallest absolute Gasteiger partial charge is 0.119 e. The second-order valence-corrected chi connectivity index (χ2v) is 5.32. The zero-order chi connectivity index (χ0) is 13.2. The molecule has 0 aromatic heterocycles. The van der Waals surface area contributed by atoms with Crippen LogP contribution in [0.5, 0.6) is 5.75 Å². The summed E-state index contributed by atoms with van der Waals surface area (Å²) in [5, 5.41) is 12.6. The van der Waals surface area contributed by atoms with E-state index in [9.17, 15) is 5.11 Å². The van der Waals surface area contributed by atoms with E-state index in [4.69, 9.17) is 4.74 Å². The van der Waals surface area contributed by atoms with E-state index in [1.807, 2.05) is 18.2 Å². The highest BCUT2D eigenvalue weighted by atomic mass is 32.2. The monoisotopic (exact) mass is 269 g/mol. The average Bonchev–Trinajstić information content (AvgIpc) is 2.43. The normalized spacial score (nSPS) is 12.4. The molecule has 4 heteroatoms. The first kappa shape index (κ1) is 15.3. The highest BCUT2D eigenvalue weighted by molar-refractivity contribution is 7.99. The Kier molecular flexibility index (Phi) is 7.89. The Balaban J connectivity index is 2.30. The van der Waals surface area contributed by atoms with Gasteiger partial charge in [0.15, 0.2) is 0 Å². The van der Waals surface area contributed by atoms with Gasteiger partial charge in [-0.1, -0.05) is 13.0 Å². The summed E-state index contributed by atoms with van der Waals surface area (Å²) in [5.74, 6) is 1.89. The van der Waals surface area contributed by atoms with Gasteiger partial charge in [-0.05, 0) is 43.3 Å². The van der Waals surface area contributed by atoms with E-state index in [0.29, 0.717) is 0 Å². The Morgan fingerprint density at radius 3 is 2.94 bits per heavy atom. The van der Waals surface area contributed by atoms with E-state index in [2.05, 4.69) is 18.3 Å². The van der Waals surface area contributed by atoms with Crippen LogP contribution in [0, 0.1) is 0 Å². The largest absolute Gasteiger partial charge is 0.497 e. The maximum absolute atomic E-state index is 9.24. The van der Waals surface area contributed by atoms with E-state index in [1.54, 1.807) is 18.9 Å². The lowest BCUT2D eigenvalue weighted by molar-refractivity contribution is 0.240. The van der Waals surface area contributed by atoms with Crippen molar-refractivity contribution in [2.45, 2.75) is 30.7 Å². The zero-order valence-electron chi connectivity index (χ0n) is 11.2. The molecule has 0 fully saturated rings. The summed E-state index contributed by atoms with van der Waals surface area (Å²) in [4.78, 5) is 1.21. The van der Waals surface area contributed by atoms with Crippen molar-refractivity contribution in [3.63, 3.8) is 0 Å². The van der Waals surface area contributed by atoms with Crippen molar-refractivity contribution in [2.75, 3.05) is 26.0 Å². The first-order chi connectivity index (χ1) is 8.80.